The Bertz CT molecular complexity index is 700. The van der Waals surface area contributed by atoms with Crippen LogP contribution in [0, 0.1) is 17.0 Å². The summed E-state index contributed by atoms with van der Waals surface area (Å²) >= 11 is 0. The van der Waals surface area contributed by atoms with Crippen LogP contribution in [0.15, 0.2) is 36.5 Å². The quantitative estimate of drug-likeness (QED) is 0.665. The molecule has 2 aromatic rings. The number of benzene rings is 1. The third kappa shape index (κ3) is 3.14. The highest BCUT2D eigenvalue weighted by Gasteiger charge is 2.24. The maximum atomic E-state index is 12.2. The van der Waals surface area contributed by atoms with Gasteiger partial charge in [-0.2, -0.15) is 0 Å². The van der Waals surface area contributed by atoms with Crippen molar-refractivity contribution in [1.82, 2.24) is 4.98 Å². The number of nitrogens with zero attached hydrogens (tertiary/aromatic N) is 2. The molecule has 2 N–H and O–H groups in total. The van der Waals surface area contributed by atoms with Crippen molar-refractivity contribution in [2.24, 2.45) is 0 Å². The van der Waals surface area contributed by atoms with Crippen molar-refractivity contribution in [3.63, 3.8) is 0 Å². The highest BCUT2D eigenvalue weighted by atomic mass is 16.6. The van der Waals surface area contributed by atoms with Crippen molar-refractivity contribution in [2.75, 3.05) is 17.7 Å². The zero-order valence-corrected chi connectivity index (χ0v) is 11.6. The van der Waals surface area contributed by atoms with Crippen LogP contribution in [0.25, 0.3) is 0 Å². The van der Waals surface area contributed by atoms with Gasteiger partial charge < -0.3 is 10.6 Å². The summed E-state index contributed by atoms with van der Waals surface area (Å²) in [6.07, 6.45) is 1.56. The maximum absolute atomic E-state index is 12.2. The molecular formula is C14H14N4O3. The van der Waals surface area contributed by atoms with Gasteiger partial charge in [-0.25, -0.2) is 4.98 Å². The number of anilines is 2. The first-order valence-electron chi connectivity index (χ1n) is 6.22. The van der Waals surface area contributed by atoms with Crippen molar-refractivity contribution in [1.29, 1.82) is 0 Å². The molecule has 0 atom stereocenters. The lowest BCUT2D eigenvalue weighted by Crippen LogP contribution is -2.15. The Hall–Kier alpha value is -2.96. The van der Waals surface area contributed by atoms with E-state index in [4.69, 9.17) is 0 Å². The third-order valence-electron chi connectivity index (χ3n) is 2.89. The minimum absolute atomic E-state index is 0.0184. The van der Waals surface area contributed by atoms with Crippen LogP contribution in [-0.4, -0.2) is 22.9 Å². The second-order valence-corrected chi connectivity index (χ2v) is 4.38. The molecule has 7 nitrogen and oxygen atoms in total. The number of aromatic nitrogens is 1. The van der Waals surface area contributed by atoms with Gasteiger partial charge >= 0.3 is 5.69 Å². The molecule has 108 valence electrons. The topological polar surface area (TPSA) is 97.2 Å². The molecule has 21 heavy (non-hydrogen) atoms. The third-order valence-corrected chi connectivity index (χ3v) is 2.89. The molecule has 1 heterocycles. The van der Waals surface area contributed by atoms with Gasteiger partial charge in [0.2, 0.25) is 0 Å². The van der Waals surface area contributed by atoms with Crippen molar-refractivity contribution in [2.45, 2.75) is 6.92 Å². The Morgan fingerprint density at radius 2 is 2.10 bits per heavy atom. The Kier molecular flexibility index (Phi) is 4.13. The number of carbonyl (C=O) groups excluding carboxylic acids is 1. The number of nitro benzene ring substituents is 1. The van der Waals surface area contributed by atoms with Gasteiger partial charge in [-0.15, -0.1) is 0 Å². The average molecular weight is 286 g/mol. The molecule has 0 aliphatic heterocycles. The standard InChI is InChI=1S/C14H14N4O3/c1-9-6-7-16-12(8-9)17-14(19)10-4-3-5-11(15-2)13(10)18(20)21/h3-8,15H,1-2H3,(H,16,17,19). The number of rotatable bonds is 4. The monoisotopic (exact) mass is 286 g/mol. The summed E-state index contributed by atoms with van der Waals surface area (Å²) in [5, 5.41) is 16.5. The number of pyridine rings is 1. The number of hydrogen-bond acceptors (Lipinski definition) is 5. The summed E-state index contributed by atoms with van der Waals surface area (Å²) in [4.78, 5) is 26.8. The second kappa shape index (κ2) is 6.00. The minimum atomic E-state index is -0.579. The van der Waals surface area contributed by atoms with Gasteiger partial charge in [-0.1, -0.05) is 6.07 Å². The van der Waals surface area contributed by atoms with E-state index in [9.17, 15) is 14.9 Å². The Labute approximate surface area is 121 Å². The van der Waals surface area contributed by atoms with Gasteiger partial charge in [0.25, 0.3) is 5.91 Å². The summed E-state index contributed by atoms with van der Waals surface area (Å²) in [5.74, 6) is -0.221. The van der Waals surface area contributed by atoms with Gasteiger partial charge in [0.05, 0.1) is 4.92 Å². The number of amides is 1. The number of nitro groups is 1. The van der Waals surface area contributed by atoms with Gasteiger partial charge in [0.1, 0.15) is 17.1 Å². The molecule has 1 amide bonds. The molecule has 1 aromatic carbocycles. The van der Waals surface area contributed by atoms with Crippen molar-refractivity contribution >= 4 is 23.1 Å². The van der Waals surface area contributed by atoms with Crippen LogP contribution in [0.1, 0.15) is 15.9 Å². The first-order chi connectivity index (χ1) is 10.0. The molecule has 0 saturated carbocycles. The molecule has 0 aliphatic rings. The van der Waals surface area contributed by atoms with E-state index in [2.05, 4.69) is 15.6 Å². The fraction of sp³-hybridized carbons (Fsp3) is 0.143. The molecule has 1 aromatic heterocycles. The molecule has 0 aliphatic carbocycles. The lowest BCUT2D eigenvalue weighted by molar-refractivity contribution is -0.384. The number of para-hydroxylation sites is 1. The van der Waals surface area contributed by atoms with Crippen LogP contribution < -0.4 is 10.6 Å². The smallest absolute Gasteiger partial charge is 0.305 e. The van der Waals surface area contributed by atoms with Gasteiger partial charge in [-0.3, -0.25) is 14.9 Å². The summed E-state index contributed by atoms with van der Waals surface area (Å²) in [5.41, 5.74) is 0.934. The van der Waals surface area contributed by atoms with E-state index in [-0.39, 0.29) is 16.9 Å². The fourth-order valence-electron chi connectivity index (χ4n) is 1.91. The highest BCUT2D eigenvalue weighted by Crippen LogP contribution is 2.28. The second-order valence-electron chi connectivity index (χ2n) is 4.38. The van der Waals surface area contributed by atoms with E-state index in [0.717, 1.165) is 5.56 Å². The molecule has 0 bridgehead atoms. The summed E-state index contributed by atoms with van der Waals surface area (Å²) in [6, 6.07) is 8.01. The number of aryl methyl sites for hydroxylation is 1. The average Bonchev–Trinajstić information content (AvgIpc) is 2.46. The van der Waals surface area contributed by atoms with E-state index in [1.54, 1.807) is 37.5 Å². The van der Waals surface area contributed by atoms with Gasteiger partial charge in [0.15, 0.2) is 0 Å². The van der Waals surface area contributed by atoms with E-state index in [1.165, 1.54) is 6.07 Å². The molecule has 0 radical (unpaired) electrons. The van der Waals surface area contributed by atoms with E-state index in [0.29, 0.717) is 5.82 Å². The largest absolute Gasteiger partial charge is 0.383 e. The van der Waals surface area contributed by atoms with Crippen LogP contribution in [0.3, 0.4) is 0 Å². The highest BCUT2D eigenvalue weighted by molar-refractivity contribution is 6.08. The van der Waals surface area contributed by atoms with Crippen LogP contribution in [0.2, 0.25) is 0 Å². The summed E-state index contributed by atoms with van der Waals surface area (Å²) in [6.45, 7) is 1.86. The normalized spacial score (nSPS) is 10.0. The van der Waals surface area contributed by atoms with Gasteiger partial charge in [0, 0.05) is 13.2 Å². The number of carbonyl (C=O) groups is 1. The molecule has 7 heteroatoms. The van der Waals surface area contributed by atoms with Gasteiger partial charge in [-0.05, 0) is 36.8 Å². The predicted octanol–water partition coefficient (Wildman–Crippen LogP) is 2.59. The van der Waals surface area contributed by atoms with Crippen molar-refractivity contribution in [3.8, 4) is 0 Å². The number of nitrogens with one attached hydrogen (secondary N) is 2. The van der Waals surface area contributed by atoms with Crippen LogP contribution >= 0.6 is 0 Å². The molecule has 0 saturated heterocycles. The van der Waals surface area contributed by atoms with E-state index in [1.807, 2.05) is 6.92 Å². The first kappa shape index (κ1) is 14.4. The lowest BCUT2D eigenvalue weighted by Gasteiger charge is -2.08. The lowest BCUT2D eigenvalue weighted by atomic mass is 10.1. The zero-order valence-electron chi connectivity index (χ0n) is 11.6. The molecule has 2 rings (SSSR count). The van der Waals surface area contributed by atoms with E-state index >= 15 is 0 Å². The number of hydrogen-bond donors (Lipinski definition) is 2. The van der Waals surface area contributed by atoms with Crippen molar-refractivity contribution in [3.05, 3.63) is 57.8 Å². The SMILES string of the molecule is CNc1cccc(C(=O)Nc2cc(C)ccn2)c1[N+](=O)[O-]. The van der Waals surface area contributed by atoms with E-state index < -0.39 is 10.8 Å². The fourth-order valence-corrected chi connectivity index (χ4v) is 1.91. The summed E-state index contributed by atoms with van der Waals surface area (Å²) < 4.78 is 0. The molecule has 0 fully saturated rings. The predicted molar refractivity (Wildman–Crippen MR) is 79.6 cm³/mol. The Morgan fingerprint density at radius 3 is 2.71 bits per heavy atom. The van der Waals surface area contributed by atoms with Crippen LogP contribution in [0.5, 0.6) is 0 Å². The maximum Gasteiger partial charge on any atom is 0.305 e. The van der Waals surface area contributed by atoms with Crippen molar-refractivity contribution < 1.29 is 9.72 Å². The van der Waals surface area contributed by atoms with Crippen LogP contribution in [0.4, 0.5) is 17.2 Å². The molecular weight excluding hydrogens is 272 g/mol. The Balaban J connectivity index is 2.37. The molecule has 0 spiro atoms. The Morgan fingerprint density at radius 1 is 1.33 bits per heavy atom. The molecule has 0 unspecified atom stereocenters. The summed E-state index contributed by atoms with van der Waals surface area (Å²) in [7, 11) is 1.56. The minimum Gasteiger partial charge on any atom is -0.383 e. The zero-order chi connectivity index (χ0) is 15.4. The first-order valence-corrected chi connectivity index (χ1v) is 6.22. The van der Waals surface area contributed by atoms with Crippen LogP contribution in [-0.2, 0) is 0 Å².